The Kier molecular flexibility index (Phi) is 7.67. The number of hydrogen-bond acceptors (Lipinski definition) is 3. The van der Waals surface area contributed by atoms with Gasteiger partial charge in [0.15, 0.2) is 0 Å². The van der Waals surface area contributed by atoms with E-state index < -0.39 is 13.1 Å². The van der Waals surface area contributed by atoms with Gasteiger partial charge in [-0.25, -0.2) is 0 Å². The highest BCUT2D eigenvalue weighted by atomic mass is 31.2. The Labute approximate surface area is 167 Å². The summed E-state index contributed by atoms with van der Waals surface area (Å²) in [6, 6.07) is 12.1. The fourth-order valence-electron chi connectivity index (χ4n) is 2.88. The van der Waals surface area contributed by atoms with Crippen LogP contribution in [0.15, 0.2) is 42.5 Å². The standard InChI is InChI=1S/C21H31N2O4P/c1-17-6-10-20(11-7-17)27-15-4-5-18-8-9-19(23(18)3)12-13-21(2,22)14-16-28(24,25)26/h4-11H,12-16,22H2,1-3H3,(H2,24,25,26)/b5-4+. The zero-order valence-corrected chi connectivity index (χ0v) is 17.7. The molecule has 0 saturated carbocycles. The van der Waals surface area contributed by atoms with Gasteiger partial charge in [0.05, 0.1) is 6.16 Å². The average molecular weight is 406 g/mol. The van der Waals surface area contributed by atoms with E-state index in [9.17, 15) is 4.57 Å². The van der Waals surface area contributed by atoms with Gasteiger partial charge in [-0.2, -0.15) is 0 Å². The zero-order chi connectivity index (χ0) is 20.8. The molecule has 1 aromatic heterocycles. The Hall–Kier alpha value is -1.85. The van der Waals surface area contributed by atoms with Gasteiger partial charge in [-0.1, -0.05) is 17.7 Å². The third kappa shape index (κ3) is 7.64. The molecule has 0 aliphatic heterocycles. The second kappa shape index (κ2) is 9.57. The summed E-state index contributed by atoms with van der Waals surface area (Å²) in [7, 11) is -2.01. The van der Waals surface area contributed by atoms with Gasteiger partial charge in [0.25, 0.3) is 0 Å². The minimum Gasteiger partial charge on any atom is -0.490 e. The summed E-state index contributed by atoms with van der Waals surface area (Å²) >= 11 is 0. The highest BCUT2D eigenvalue weighted by molar-refractivity contribution is 7.51. The summed E-state index contributed by atoms with van der Waals surface area (Å²) in [6.07, 6.45) is 5.52. The molecule has 2 rings (SSSR count). The van der Waals surface area contributed by atoms with Crippen molar-refractivity contribution in [3.8, 4) is 5.75 Å². The number of hydrogen-bond donors (Lipinski definition) is 3. The third-order valence-electron chi connectivity index (χ3n) is 4.85. The van der Waals surface area contributed by atoms with Crippen molar-refractivity contribution in [1.82, 2.24) is 4.57 Å². The van der Waals surface area contributed by atoms with E-state index in [2.05, 4.69) is 10.6 Å². The maximum Gasteiger partial charge on any atom is 0.325 e. The van der Waals surface area contributed by atoms with E-state index in [0.717, 1.165) is 23.6 Å². The molecule has 4 N–H and O–H groups in total. The van der Waals surface area contributed by atoms with Crippen molar-refractivity contribution in [2.75, 3.05) is 12.8 Å². The lowest BCUT2D eigenvalue weighted by Crippen LogP contribution is -2.37. The predicted octanol–water partition coefficient (Wildman–Crippen LogP) is 3.64. The summed E-state index contributed by atoms with van der Waals surface area (Å²) in [5.74, 6) is 0.848. The van der Waals surface area contributed by atoms with Gasteiger partial charge in [-0.15, -0.1) is 0 Å². The second-order valence-corrected chi connectivity index (χ2v) is 9.40. The van der Waals surface area contributed by atoms with Crippen molar-refractivity contribution in [1.29, 1.82) is 0 Å². The number of nitrogens with two attached hydrogens (primary N) is 1. The monoisotopic (exact) mass is 406 g/mol. The minimum atomic E-state index is -4.01. The molecule has 28 heavy (non-hydrogen) atoms. The van der Waals surface area contributed by atoms with E-state index in [-0.39, 0.29) is 6.16 Å². The van der Waals surface area contributed by atoms with Crippen LogP contribution in [0.4, 0.5) is 0 Å². The number of aromatic nitrogens is 1. The van der Waals surface area contributed by atoms with E-state index in [1.54, 1.807) is 0 Å². The van der Waals surface area contributed by atoms with Gasteiger partial charge < -0.3 is 24.8 Å². The lowest BCUT2D eigenvalue weighted by atomic mass is 9.93. The Morgan fingerprint density at radius 3 is 2.50 bits per heavy atom. The van der Waals surface area contributed by atoms with E-state index >= 15 is 0 Å². The lowest BCUT2D eigenvalue weighted by molar-refractivity contribution is 0.353. The van der Waals surface area contributed by atoms with Crippen LogP contribution in [0, 0.1) is 6.92 Å². The quantitative estimate of drug-likeness (QED) is 0.523. The third-order valence-corrected chi connectivity index (χ3v) is 5.65. The molecule has 1 heterocycles. The summed E-state index contributed by atoms with van der Waals surface area (Å²) in [5, 5.41) is 0. The summed E-state index contributed by atoms with van der Waals surface area (Å²) in [6.45, 7) is 4.38. The molecule has 0 aliphatic carbocycles. The molecule has 0 amide bonds. The molecule has 7 heteroatoms. The Morgan fingerprint density at radius 2 is 1.86 bits per heavy atom. The van der Waals surface area contributed by atoms with Crippen molar-refractivity contribution in [2.24, 2.45) is 12.8 Å². The van der Waals surface area contributed by atoms with Gasteiger partial charge in [0.2, 0.25) is 0 Å². The molecular formula is C21H31N2O4P. The first kappa shape index (κ1) is 22.4. The van der Waals surface area contributed by atoms with Crippen LogP contribution in [0.2, 0.25) is 0 Å². The van der Waals surface area contributed by atoms with Gasteiger partial charge in [-0.3, -0.25) is 4.57 Å². The van der Waals surface area contributed by atoms with Crippen LogP contribution < -0.4 is 10.5 Å². The van der Waals surface area contributed by atoms with Crippen LogP contribution >= 0.6 is 7.60 Å². The maximum absolute atomic E-state index is 11.1. The second-order valence-electron chi connectivity index (χ2n) is 7.63. The predicted molar refractivity (Wildman–Crippen MR) is 114 cm³/mol. The van der Waals surface area contributed by atoms with E-state index in [0.29, 0.717) is 19.4 Å². The zero-order valence-electron chi connectivity index (χ0n) is 16.8. The molecule has 0 spiro atoms. The fourth-order valence-corrected chi connectivity index (χ4v) is 3.68. The summed E-state index contributed by atoms with van der Waals surface area (Å²) < 4.78 is 18.9. The summed E-state index contributed by atoms with van der Waals surface area (Å²) in [4.78, 5) is 18.1. The molecule has 6 nitrogen and oxygen atoms in total. The summed E-state index contributed by atoms with van der Waals surface area (Å²) in [5.41, 5.74) is 9.00. The SMILES string of the molecule is Cc1ccc(OC/C=C/c2ccc(CCC(C)(N)CCP(=O)(O)O)n2C)cc1. The topological polar surface area (TPSA) is 97.7 Å². The molecule has 154 valence electrons. The largest absolute Gasteiger partial charge is 0.490 e. The van der Waals surface area contributed by atoms with Crippen LogP contribution in [0.3, 0.4) is 0 Å². The van der Waals surface area contributed by atoms with Gasteiger partial charge >= 0.3 is 7.60 Å². The highest BCUT2D eigenvalue weighted by Gasteiger charge is 2.24. The van der Waals surface area contributed by atoms with E-state index in [1.165, 1.54) is 5.56 Å². The number of ether oxygens (including phenoxy) is 1. The normalized spacial score (nSPS) is 14.4. The molecule has 1 unspecified atom stereocenters. The minimum absolute atomic E-state index is 0.178. The van der Waals surface area contributed by atoms with Gasteiger partial charge in [-0.05, 0) is 69.5 Å². The van der Waals surface area contributed by atoms with Gasteiger partial charge in [0, 0.05) is 24.0 Å². The molecular weight excluding hydrogens is 375 g/mol. The smallest absolute Gasteiger partial charge is 0.325 e. The Balaban J connectivity index is 1.85. The first-order valence-corrected chi connectivity index (χ1v) is 11.2. The van der Waals surface area contributed by atoms with Crippen LogP contribution in [0.1, 0.15) is 36.7 Å². The molecule has 2 aromatic rings. The highest BCUT2D eigenvalue weighted by Crippen LogP contribution is 2.37. The number of rotatable bonds is 10. The van der Waals surface area contributed by atoms with Crippen molar-refractivity contribution in [2.45, 2.75) is 38.6 Å². The Bertz CT molecular complexity index is 835. The molecule has 0 aliphatic rings. The maximum atomic E-state index is 11.1. The molecule has 0 saturated heterocycles. The average Bonchev–Trinajstić information content (AvgIpc) is 2.96. The van der Waals surface area contributed by atoms with Crippen LogP contribution in [-0.4, -0.2) is 32.7 Å². The van der Waals surface area contributed by atoms with E-state index in [4.69, 9.17) is 20.3 Å². The molecule has 1 atom stereocenters. The number of benzene rings is 1. The van der Waals surface area contributed by atoms with Crippen molar-refractivity contribution in [3.63, 3.8) is 0 Å². The van der Waals surface area contributed by atoms with Crippen molar-refractivity contribution < 1.29 is 19.1 Å². The number of nitrogens with zero attached hydrogens (tertiary/aromatic N) is 1. The first-order valence-electron chi connectivity index (χ1n) is 9.40. The molecule has 0 bridgehead atoms. The van der Waals surface area contributed by atoms with Crippen molar-refractivity contribution >= 4 is 13.7 Å². The van der Waals surface area contributed by atoms with Crippen LogP contribution in [0.5, 0.6) is 5.75 Å². The van der Waals surface area contributed by atoms with Crippen molar-refractivity contribution in [3.05, 3.63) is 59.4 Å². The molecule has 0 radical (unpaired) electrons. The van der Waals surface area contributed by atoms with Crippen LogP contribution in [0.25, 0.3) is 6.08 Å². The van der Waals surface area contributed by atoms with E-state index in [1.807, 2.05) is 63.4 Å². The molecule has 0 fully saturated rings. The fraction of sp³-hybridized carbons (Fsp3) is 0.429. The lowest BCUT2D eigenvalue weighted by Gasteiger charge is -2.25. The first-order chi connectivity index (χ1) is 13.1. The van der Waals surface area contributed by atoms with Gasteiger partial charge in [0.1, 0.15) is 12.4 Å². The Morgan fingerprint density at radius 1 is 1.18 bits per heavy atom. The molecule has 1 aromatic carbocycles. The number of aryl methyl sites for hydroxylation is 2. The van der Waals surface area contributed by atoms with Crippen LogP contribution in [-0.2, 0) is 18.0 Å².